The molecule has 0 aromatic heterocycles. The molecule has 14 nitrogen and oxygen atoms in total. The fourth-order valence-corrected chi connectivity index (χ4v) is 13.9. The largest absolute Gasteiger partial charge is 0.459 e. The van der Waals surface area contributed by atoms with Crippen LogP contribution in [0.15, 0.2) is 0 Å². The van der Waals surface area contributed by atoms with Crippen LogP contribution in [0.3, 0.4) is 0 Å². The van der Waals surface area contributed by atoms with E-state index in [2.05, 4.69) is 34.6 Å². The molecule has 336 valence electrons. The highest BCUT2D eigenvalue weighted by molar-refractivity contribution is 5.66. The molecule has 0 radical (unpaired) electrons. The van der Waals surface area contributed by atoms with E-state index in [0.29, 0.717) is 32.1 Å². The molecule has 0 aromatic rings. The first-order valence-electron chi connectivity index (χ1n) is 21.9. The van der Waals surface area contributed by atoms with Gasteiger partial charge in [0.05, 0.1) is 35.6 Å². The van der Waals surface area contributed by atoms with E-state index in [4.69, 9.17) is 23.7 Å². The Morgan fingerprint density at radius 3 is 1.76 bits per heavy atom. The average molecular weight is 829 g/mol. The van der Waals surface area contributed by atoms with Gasteiger partial charge in [-0.2, -0.15) is 0 Å². The van der Waals surface area contributed by atoms with Crippen molar-refractivity contribution >= 4 is 5.97 Å². The van der Waals surface area contributed by atoms with Crippen LogP contribution in [0, 0.1) is 45.3 Å². The van der Waals surface area contributed by atoms with E-state index < -0.39 is 113 Å². The minimum absolute atomic E-state index is 0.00217. The van der Waals surface area contributed by atoms with Gasteiger partial charge in [-0.1, -0.05) is 34.6 Å². The molecule has 2 heterocycles. The van der Waals surface area contributed by atoms with Gasteiger partial charge in [0, 0.05) is 12.3 Å². The molecule has 0 bridgehead atoms. The molecule has 58 heavy (non-hydrogen) atoms. The van der Waals surface area contributed by atoms with E-state index in [1.54, 1.807) is 27.7 Å². The van der Waals surface area contributed by atoms with Crippen molar-refractivity contribution in [3.8, 4) is 0 Å². The van der Waals surface area contributed by atoms with Crippen molar-refractivity contribution in [2.45, 2.75) is 225 Å². The number of aliphatic hydroxyl groups excluding tert-OH is 6. The number of hydrogen-bond acceptors (Lipinski definition) is 14. The summed E-state index contributed by atoms with van der Waals surface area (Å²) in [5, 5.41) is 87.9. The number of fused-ring (bicyclic) bond motifs is 5. The zero-order chi connectivity index (χ0) is 43.3. The fraction of sp³-hybridized carbons (Fsp3) is 0.977. The van der Waals surface area contributed by atoms with E-state index >= 15 is 0 Å². The van der Waals surface area contributed by atoms with Gasteiger partial charge in [-0.05, 0) is 132 Å². The van der Waals surface area contributed by atoms with Crippen LogP contribution < -0.4 is 0 Å². The SMILES string of the molecule is CC(=O)O[C@@H]1[C@H](O[C@@H]2O[C@H](C)[C@H](O)[C@H](O)[C@H]2O)C[C@]2(C)[C@H]3[C@H](O[C@@H]4O[C@H](C)[C@H](O)[C@H](O)[C@H]4O)C[C@@H]4[C@@H]([C@](C)(O)CCCC(C)(C)O)CC[C@@]4(C)[C@]3(C)CC[C@H]2C1(C)C. The van der Waals surface area contributed by atoms with Crippen LogP contribution in [0.1, 0.15) is 134 Å². The summed E-state index contributed by atoms with van der Waals surface area (Å²) in [5.41, 5.74) is -3.84. The maximum Gasteiger partial charge on any atom is 0.303 e. The van der Waals surface area contributed by atoms with Crippen LogP contribution in [0.25, 0.3) is 0 Å². The van der Waals surface area contributed by atoms with E-state index in [1.165, 1.54) is 6.92 Å². The Morgan fingerprint density at radius 2 is 1.24 bits per heavy atom. The molecule has 2 saturated heterocycles. The van der Waals surface area contributed by atoms with Crippen LogP contribution in [0.4, 0.5) is 0 Å². The van der Waals surface area contributed by atoms with Crippen LogP contribution >= 0.6 is 0 Å². The summed E-state index contributed by atoms with van der Waals surface area (Å²) in [6.45, 7) is 21.1. The predicted molar refractivity (Wildman–Crippen MR) is 211 cm³/mol. The lowest BCUT2D eigenvalue weighted by atomic mass is 9.34. The second-order valence-electron chi connectivity index (χ2n) is 21.7. The maximum absolute atomic E-state index is 12.8. The zero-order valence-electron chi connectivity index (χ0n) is 36.7. The number of esters is 1. The second kappa shape index (κ2) is 16.0. The molecular formula is C44H76O14. The molecule has 6 fully saturated rings. The molecule has 4 aliphatic carbocycles. The number of carbonyl (C=O) groups excluding carboxylic acids is 1. The molecule has 6 aliphatic rings. The summed E-state index contributed by atoms with van der Waals surface area (Å²) in [6.07, 6.45) is -9.24. The molecule has 8 N–H and O–H groups in total. The van der Waals surface area contributed by atoms with Gasteiger partial charge < -0.3 is 64.5 Å². The van der Waals surface area contributed by atoms with Gasteiger partial charge in [0.1, 0.15) is 42.7 Å². The Morgan fingerprint density at radius 1 is 0.724 bits per heavy atom. The van der Waals surface area contributed by atoms with Crippen molar-refractivity contribution in [3.05, 3.63) is 0 Å². The molecule has 0 unspecified atom stereocenters. The van der Waals surface area contributed by atoms with Crippen LogP contribution in [0.5, 0.6) is 0 Å². The van der Waals surface area contributed by atoms with Gasteiger partial charge in [0.25, 0.3) is 0 Å². The zero-order valence-corrected chi connectivity index (χ0v) is 36.7. The first kappa shape index (κ1) is 46.5. The predicted octanol–water partition coefficient (Wildman–Crippen LogP) is 2.94. The quantitative estimate of drug-likeness (QED) is 0.117. The van der Waals surface area contributed by atoms with Gasteiger partial charge in [-0.25, -0.2) is 0 Å². The molecule has 0 amide bonds. The highest BCUT2D eigenvalue weighted by atomic mass is 16.7. The summed E-state index contributed by atoms with van der Waals surface area (Å²) < 4.78 is 31.9. The summed E-state index contributed by atoms with van der Waals surface area (Å²) in [4.78, 5) is 12.8. The third-order valence-corrected chi connectivity index (χ3v) is 17.0. The minimum Gasteiger partial charge on any atom is -0.459 e. The van der Waals surface area contributed by atoms with Crippen molar-refractivity contribution in [1.29, 1.82) is 0 Å². The topological polar surface area (TPSA) is 225 Å². The highest BCUT2D eigenvalue weighted by Crippen LogP contribution is 2.76. The molecule has 0 spiro atoms. The summed E-state index contributed by atoms with van der Waals surface area (Å²) in [7, 11) is 0. The van der Waals surface area contributed by atoms with E-state index in [0.717, 1.165) is 25.7 Å². The van der Waals surface area contributed by atoms with Crippen LogP contribution in [-0.4, -0.2) is 138 Å². The van der Waals surface area contributed by atoms with Gasteiger partial charge >= 0.3 is 5.97 Å². The van der Waals surface area contributed by atoms with Gasteiger partial charge in [-0.15, -0.1) is 0 Å². The lowest BCUT2D eigenvalue weighted by molar-refractivity contribution is -0.352. The normalized spacial score (nSPS) is 51.5. The Bertz CT molecular complexity index is 1470. The molecular weight excluding hydrogens is 752 g/mol. The molecule has 14 heteroatoms. The average Bonchev–Trinajstić information content (AvgIpc) is 3.46. The number of carbonyl (C=O) groups is 1. The highest BCUT2D eigenvalue weighted by Gasteiger charge is 2.74. The molecule has 2 aliphatic heterocycles. The van der Waals surface area contributed by atoms with Crippen LogP contribution in [-0.2, 0) is 28.5 Å². The first-order chi connectivity index (χ1) is 26.6. The van der Waals surface area contributed by atoms with E-state index in [1.807, 2.05) is 6.92 Å². The Hall–Kier alpha value is -1.01. The molecule has 6 rings (SSSR count). The number of hydrogen-bond donors (Lipinski definition) is 8. The maximum atomic E-state index is 12.8. The third kappa shape index (κ3) is 7.84. The number of ether oxygens (including phenoxy) is 5. The van der Waals surface area contributed by atoms with Crippen molar-refractivity contribution in [2.24, 2.45) is 45.3 Å². The lowest BCUT2D eigenvalue weighted by Gasteiger charge is -2.72. The van der Waals surface area contributed by atoms with Crippen molar-refractivity contribution < 1.29 is 69.3 Å². The second-order valence-corrected chi connectivity index (χ2v) is 21.7. The summed E-state index contributed by atoms with van der Waals surface area (Å²) in [6, 6.07) is 0. The van der Waals surface area contributed by atoms with Crippen molar-refractivity contribution in [3.63, 3.8) is 0 Å². The monoisotopic (exact) mass is 829 g/mol. The van der Waals surface area contributed by atoms with E-state index in [9.17, 15) is 45.6 Å². The van der Waals surface area contributed by atoms with Gasteiger partial charge in [0.15, 0.2) is 12.6 Å². The van der Waals surface area contributed by atoms with E-state index in [-0.39, 0.29) is 29.1 Å². The lowest BCUT2D eigenvalue weighted by Crippen LogP contribution is -2.71. The number of rotatable bonds is 10. The summed E-state index contributed by atoms with van der Waals surface area (Å²) in [5.74, 6) is -0.826. The third-order valence-electron chi connectivity index (χ3n) is 17.0. The van der Waals surface area contributed by atoms with Gasteiger partial charge in [0.2, 0.25) is 0 Å². The number of aliphatic hydroxyl groups is 8. The molecule has 21 atom stereocenters. The van der Waals surface area contributed by atoms with Crippen molar-refractivity contribution in [2.75, 3.05) is 0 Å². The molecule has 0 aromatic carbocycles. The Balaban J connectivity index is 1.43. The summed E-state index contributed by atoms with van der Waals surface area (Å²) >= 11 is 0. The van der Waals surface area contributed by atoms with Crippen molar-refractivity contribution in [1.82, 2.24) is 0 Å². The minimum atomic E-state index is -1.57. The fourth-order valence-electron chi connectivity index (χ4n) is 13.9. The Labute approximate surface area is 344 Å². The van der Waals surface area contributed by atoms with Crippen LogP contribution in [0.2, 0.25) is 0 Å². The standard InChI is InChI=1S/C44H76O14/c1-21-29(46)31(48)33(50)37(54-21)57-26-19-25-24(44(11,53)16-12-15-39(4,5)52)13-17-42(25,9)43(10)18-14-28-40(6,7)36(56-23(3)45)27(20-41(28,8)35(26)43)58-38-34(51)32(49)30(47)22(2)55-38/h21-22,24-38,46-53H,12-20H2,1-11H3/t21-,22-,24+,25-,26-,27-,28+,29+,30+,31+,32+,33-,34-,35-,36-,37+,38+,41+,42-,43-,44-/m1/s1. The smallest absolute Gasteiger partial charge is 0.303 e. The molecule has 4 saturated carbocycles. The van der Waals surface area contributed by atoms with Gasteiger partial charge in [-0.3, -0.25) is 4.79 Å². The first-order valence-corrected chi connectivity index (χ1v) is 21.9. The Kier molecular flexibility index (Phi) is 12.8.